The van der Waals surface area contributed by atoms with E-state index < -0.39 is 0 Å². The Balaban J connectivity index is 1.58. The van der Waals surface area contributed by atoms with E-state index in [0.717, 1.165) is 29.5 Å². The Morgan fingerprint density at radius 1 is 0.923 bits per heavy atom. The molecule has 1 fully saturated rings. The lowest BCUT2D eigenvalue weighted by Crippen LogP contribution is -2.54. The third-order valence-electron chi connectivity index (χ3n) is 5.06. The fourth-order valence-electron chi connectivity index (χ4n) is 3.37. The van der Waals surface area contributed by atoms with Crippen LogP contribution in [0.2, 0.25) is 0 Å². The minimum Gasteiger partial charge on any atom is -0.340 e. The van der Waals surface area contributed by atoms with Gasteiger partial charge in [-0.3, -0.25) is 14.5 Å². The lowest BCUT2D eigenvalue weighted by molar-refractivity contribution is -0.136. The van der Waals surface area contributed by atoms with Crippen LogP contribution in [0.3, 0.4) is 0 Å². The maximum Gasteiger partial charge on any atom is 0.241 e. The molecule has 0 radical (unpaired) electrons. The van der Waals surface area contributed by atoms with Gasteiger partial charge >= 0.3 is 0 Å². The van der Waals surface area contributed by atoms with E-state index in [2.05, 4.69) is 16.3 Å². The van der Waals surface area contributed by atoms with Gasteiger partial charge in [-0.1, -0.05) is 44.2 Å². The molecule has 0 spiro atoms. The van der Waals surface area contributed by atoms with Gasteiger partial charge in [0.1, 0.15) is 0 Å². The van der Waals surface area contributed by atoms with E-state index >= 15 is 0 Å². The van der Waals surface area contributed by atoms with Crippen LogP contribution in [0.5, 0.6) is 0 Å². The van der Waals surface area contributed by atoms with E-state index in [1.165, 1.54) is 0 Å². The van der Waals surface area contributed by atoms with Gasteiger partial charge in [-0.15, -0.1) is 0 Å². The molecule has 0 bridgehead atoms. The fraction of sp³-hybridized carbons (Fsp3) is 0.429. The smallest absolute Gasteiger partial charge is 0.241 e. The first kappa shape index (κ1) is 18.4. The number of carbonyl (C=O) groups is 2. The van der Waals surface area contributed by atoms with Crippen molar-refractivity contribution >= 4 is 28.3 Å². The average Bonchev–Trinajstić information content (AvgIpc) is 2.66. The first-order valence-corrected chi connectivity index (χ1v) is 9.28. The maximum absolute atomic E-state index is 12.6. The molecule has 3 rings (SSSR count). The summed E-state index contributed by atoms with van der Waals surface area (Å²) in [6, 6.07) is 13.8. The number of anilines is 1. The van der Waals surface area contributed by atoms with Gasteiger partial charge in [0.2, 0.25) is 11.8 Å². The Kier molecular flexibility index (Phi) is 5.57. The summed E-state index contributed by atoms with van der Waals surface area (Å²) in [5.41, 5.74) is 0.814. The highest BCUT2D eigenvalue weighted by molar-refractivity contribution is 5.97. The Morgan fingerprint density at radius 3 is 2.23 bits per heavy atom. The molecule has 2 aromatic rings. The second kappa shape index (κ2) is 7.87. The van der Waals surface area contributed by atoms with E-state index in [4.69, 9.17) is 0 Å². The third kappa shape index (κ3) is 4.05. The molecule has 0 saturated carbocycles. The quantitative estimate of drug-likeness (QED) is 0.919. The molecular weight excluding hydrogens is 326 g/mol. The zero-order valence-corrected chi connectivity index (χ0v) is 15.7. The summed E-state index contributed by atoms with van der Waals surface area (Å²) in [6.45, 7) is 8.60. The van der Waals surface area contributed by atoms with Gasteiger partial charge < -0.3 is 10.2 Å². The number of hydrogen-bond acceptors (Lipinski definition) is 3. The van der Waals surface area contributed by atoms with E-state index in [1.54, 1.807) is 0 Å². The van der Waals surface area contributed by atoms with E-state index in [0.29, 0.717) is 13.1 Å². The monoisotopic (exact) mass is 353 g/mol. The maximum atomic E-state index is 12.6. The Labute approximate surface area is 155 Å². The van der Waals surface area contributed by atoms with Crippen molar-refractivity contribution in [3.8, 4) is 0 Å². The predicted octanol–water partition coefficient (Wildman–Crippen LogP) is 2.97. The van der Waals surface area contributed by atoms with Crippen LogP contribution >= 0.6 is 0 Å². The molecular formula is C21H27N3O2. The largest absolute Gasteiger partial charge is 0.340 e. The Morgan fingerprint density at radius 2 is 1.58 bits per heavy atom. The minimum atomic E-state index is -0.224. The number of nitrogens with zero attached hydrogens (tertiary/aromatic N) is 2. The van der Waals surface area contributed by atoms with Crippen molar-refractivity contribution in [3.05, 3.63) is 42.5 Å². The zero-order valence-electron chi connectivity index (χ0n) is 15.7. The van der Waals surface area contributed by atoms with Crippen molar-refractivity contribution < 1.29 is 9.59 Å². The number of amides is 2. The summed E-state index contributed by atoms with van der Waals surface area (Å²) in [7, 11) is 0. The van der Waals surface area contributed by atoms with Crippen molar-refractivity contribution in [1.82, 2.24) is 9.80 Å². The molecule has 1 saturated heterocycles. The van der Waals surface area contributed by atoms with Crippen LogP contribution in [0, 0.1) is 5.92 Å². The number of benzene rings is 2. The summed E-state index contributed by atoms with van der Waals surface area (Å²) < 4.78 is 0. The third-order valence-corrected chi connectivity index (χ3v) is 5.06. The number of fused-ring (bicyclic) bond motifs is 1. The van der Waals surface area contributed by atoms with Crippen LogP contribution < -0.4 is 5.32 Å². The van der Waals surface area contributed by atoms with Crippen LogP contribution in [0.15, 0.2) is 42.5 Å². The molecule has 5 nitrogen and oxygen atoms in total. The summed E-state index contributed by atoms with van der Waals surface area (Å²) in [5.74, 6) is 0.206. The van der Waals surface area contributed by atoms with Gasteiger partial charge in [-0.2, -0.15) is 0 Å². The SMILES string of the molecule is CC(C)C(=O)N1CCN(C(C)C(=O)Nc2ccc3ccccc3c2)CC1. The molecule has 1 N–H and O–H groups in total. The normalized spacial score (nSPS) is 16.7. The number of hydrogen-bond donors (Lipinski definition) is 1. The van der Waals surface area contributed by atoms with Gasteiger partial charge in [0.05, 0.1) is 6.04 Å². The molecule has 2 aromatic carbocycles. The number of piperazine rings is 1. The van der Waals surface area contributed by atoms with Crippen LogP contribution in [-0.2, 0) is 9.59 Å². The van der Waals surface area contributed by atoms with Crippen molar-refractivity contribution in [3.63, 3.8) is 0 Å². The van der Waals surface area contributed by atoms with Crippen molar-refractivity contribution in [2.75, 3.05) is 31.5 Å². The van der Waals surface area contributed by atoms with Crippen molar-refractivity contribution in [2.24, 2.45) is 5.92 Å². The van der Waals surface area contributed by atoms with Crippen LogP contribution in [-0.4, -0.2) is 53.8 Å². The molecule has 1 heterocycles. The van der Waals surface area contributed by atoms with Crippen molar-refractivity contribution in [1.29, 1.82) is 0 Å². The first-order valence-electron chi connectivity index (χ1n) is 9.28. The number of carbonyl (C=O) groups excluding carboxylic acids is 2. The van der Waals surface area contributed by atoms with Gasteiger partial charge in [0.25, 0.3) is 0 Å². The molecule has 2 amide bonds. The summed E-state index contributed by atoms with van der Waals surface area (Å²) in [6.07, 6.45) is 0. The van der Waals surface area contributed by atoms with Crippen LogP contribution in [0.1, 0.15) is 20.8 Å². The standard InChI is InChI=1S/C21H27N3O2/c1-15(2)21(26)24-12-10-23(11-13-24)16(3)20(25)22-19-9-8-17-6-4-5-7-18(17)14-19/h4-9,14-16H,10-13H2,1-3H3,(H,22,25). The van der Waals surface area contributed by atoms with Gasteiger partial charge in [0.15, 0.2) is 0 Å². The zero-order chi connectivity index (χ0) is 18.7. The second-order valence-corrected chi connectivity index (χ2v) is 7.24. The lowest BCUT2D eigenvalue weighted by atomic mass is 10.1. The topological polar surface area (TPSA) is 52.7 Å². The molecule has 5 heteroatoms. The Bertz CT molecular complexity index is 795. The molecule has 0 aromatic heterocycles. The number of rotatable bonds is 4. The van der Waals surface area contributed by atoms with Gasteiger partial charge in [-0.05, 0) is 29.8 Å². The molecule has 1 unspecified atom stereocenters. The highest BCUT2D eigenvalue weighted by Crippen LogP contribution is 2.19. The highest BCUT2D eigenvalue weighted by atomic mass is 16.2. The molecule has 1 atom stereocenters. The summed E-state index contributed by atoms with van der Waals surface area (Å²) in [5, 5.41) is 5.29. The molecule has 0 aliphatic carbocycles. The van der Waals surface area contributed by atoms with Crippen LogP contribution in [0.4, 0.5) is 5.69 Å². The molecule has 26 heavy (non-hydrogen) atoms. The van der Waals surface area contributed by atoms with Gasteiger partial charge in [0, 0.05) is 37.8 Å². The van der Waals surface area contributed by atoms with Crippen molar-refractivity contribution in [2.45, 2.75) is 26.8 Å². The number of nitrogens with one attached hydrogen (secondary N) is 1. The molecule has 1 aliphatic heterocycles. The fourth-order valence-corrected chi connectivity index (χ4v) is 3.37. The van der Waals surface area contributed by atoms with Crippen LogP contribution in [0.25, 0.3) is 10.8 Å². The van der Waals surface area contributed by atoms with E-state index in [1.807, 2.05) is 62.1 Å². The lowest BCUT2D eigenvalue weighted by Gasteiger charge is -2.38. The summed E-state index contributed by atoms with van der Waals surface area (Å²) in [4.78, 5) is 28.8. The summed E-state index contributed by atoms with van der Waals surface area (Å²) >= 11 is 0. The molecule has 138 valence electrons. The van der Waals surface area contributed by atoms with E-state index in [9.17, 15) is 9.59 Å². The minimum absolute atomic E-state index is 0.0103. The van der Waals surface area contributed by atoms with E-state index in [-0.39, 0.29) is 23.8 Å². The second-order valence-electron chi connectivity index (χ2n) is 7.24. The first-order chi connectivity index (χ1) is 12.5. The Hall–Kier alpha value is -2.40. The van der Waals surface area contributed by atoms with Gasteiger partial charge in [-0.25, -0.2) is 0 Å². The predicted molar refractivity (Wildman–Crippen MR) is 105 cm³/mol. The molecule has 1 aliphatic rings. The average molecular weight is 353 g/mol. The highest BCUT2D eigenvalue weighted by Gasteiger charge is 2.28.